The van der Waals surface area contributed by atoms with E-state index < -0.39 is 5.97 Å². The van der Waals surface area contributed by atoms with Gasteiger partial charge in [-0.2, -0.15) is 0 Å². The Balaban J connectivity index is 1.38. The largest absolute Gasteiger partial charge is 0.481 e. The highest BCUT2D eigenvalue weighted by molar-refractivity contribution is 7.11. The molecule has 3 aromatic rings. The average Bonchev–Trinajstić information content (AvgIpc) is 3.43. The van der Waals surface area contributed by atoms with E-state index in [2.05, 4.69) is 29.5 Å². The first-order valence-corrected chi connectivity index (χ1v) is 13.1. The van der Waals surface area contributed by atoms with Crippen molar-refractivity contribution in [3.63, 3.8) is 0 Å². The van der Waals surface area contributed by atoms with Crippen LogP contribution in [-0.4, -0.2) is 39.4 Å². The van der Waals surface area contributed by atoms with Gasteiger partial charge in [0.25, 0.3) is 0 Å². The Bertz CT molecular complexity index is 1290. The lowest BCUT2D eigenvalue weighted by Crippen LogP contribution is -2.35. The van der Waals surface area contributed by atoms with Gasteiger partial charge in [0.05, 0.1) is 18.9 Å². The lowest BCUT2D eigenvalue weighted by molar-refractivity contribution is -0.137. The summed E-state index contributed by atoms with van der Waals surface area (Å²) in [6, 6.07) is 14.4. The molecule has 0 spiro atoms. The molecule has 3 amide bonds. The Labute approximate surface area is 220 Å². The molecule has 1 aliphatic rings. The van der Waals surface area contributed by atoms with Crippen LogP contribution in [0.5, 0.6) is 0 Å². The summed E-state index contributed by atoms with van der Waals surface area (Å²) >= 11 is 1.50. The summed E-state index contributed by atoms with van der Waals surface area (Å²) in [4.78, 5) is 44.0. The Morgan fingerprint density at radius 1 is 1.11 bits per heavy atom. The van der Waals surface area contributed by atoms with Gasteiger partial charge >= 0.3 is 12.0 Å². The van der Waals surface area contributed by atoms with E-state index in [1.54, 1.807) is 18.3 Å². The first-order valence-electron chi connectivity index (χ1n) is 12.3. The summed E-state index contributed by atoms with van der Waals surface area (Å²) < 4.78 is 0. The summed E-state index contributed by atoms with van der Waals surface area (Å²) in [5, 5.41) is 15.5. The van der Waals surface area contributed by atoms with Crippen LogP contribution in [0.2, 0.25) is 0 Å². The van der Waals surface area contributed by atoms with Crippen molar-refractivity contribution in [3.8, 4) is 0 Å². The third kappa shape index (κ3) is 6.54. The number of anilines is 2. The van der Waals surface area contributed by atoms with Gasteiger partial charge in [0, 0.05) is 29.0 Å². The molecule has 1 fully saturated rings. The number of carboxylic acids is 1. The monoisotopic (exact) mass is 520 g/mol. The third-order valence-electron chi connectivity index (χ3n) is 6.72. The van der Waals surface area contributed by atoms with Gasteiger partial charge in [0.2, 0.25) is 5.91 Å². The number of hydrogen-bond donors (Lipinski definition) is 3. The summed E-state index contributed by atoms with van der Waals surface area (Å²) in [5.41, 5.74) is 3.10. The molecule has 0 radical (unpaired) electrons. The van der Waals surface area contributed by atoms with Crippen LogP contribution in [0.25, 0.3) is 0 Å². The average molecular weight is 521 g/mol. The quantitative estimate of drug-likeness (QED) is 0.355. The van der Waals surface area contributed by atoms with Crippen LogP contribution in [0.1, 0.15) is 53.7 Å². The lowest BCUT2D eigenvalue weighted by atomic mass is 9.85. The van der Waals surface area contributed by atoms with E-state index in [9.17, 15) is 14.4 Å². The molecule has 2 heterocycles. The number of benzene rings is 2. The minimum atomic E-state index is -0.832. The number of nitrogens with one attached hydrogen (secondary N) is 2. The molecule has 0 bridgehead atoms. The number of carbonyl (C=O) groups is 3. The van der Waals surface area contributed by atoms with Crippen LogP contribution in [0.3, 0.4) is 0 Å². The van der Waals surface area contributed by atoms with Gasteiger partial charge in [-0.15, -0.1) is 11.3 Å². The number of rotatable bonds is 8. The van der Waals surface area contributed by atoms with Crippen LogP contribution in [0.4, 0.5) is 16.2 Å². The fraction of sp³-hybridized carbons (Fsp3) is 0.357. The first kappa shape index (κ1) is 26.3. The van der Waals surface area contributed by atoms with Gasteiger partial charge in [-0.3, -0.25) is 9.59 Å². The molecule has 1 aliphatic heterocycles. The summed E-state index contributed by atoms with van der Waals surface area (Å²) in [5.74, 6) is -0.808. The van der Waals surface area contributed by atoms with Gasteiger partial charge in [0.15, 0.2) is 0 Å². The Morgan fingerprint density at radius 2 is 1.84 bits per heavy atom. The number of para-hydroxylation sites is 1. The van der Waals surface area contributed by atoms with E-state index >= 15 is 0 Å². The smallest absolute Gasteiger partial charge is 0.323 e. The SMILES string of the molecule is Cc1ccccc1NC(=O)Nc1ccc(CC(=O)N2CCC(C)(C)C2c2ncc(CCC(=O)O)s2)cc1. The molecule has 2 aromatic carbocycles. The zero-order chi connectivity index (χ0) is 26.6. The predicted octanol–water partition coefficient (Wildman–Crippen LogP) is 5.66. The fourth-order valence-electron chi connectivity index (χ4n) is 4.61. The number of aliphatic carboxylic acids is 1. The maximum atomic E-state index is 13.4. The third-order valence-corrected chi connectivity index (χ3v) is 7.83. The second kappa shape index (κ2) is 11.1. The standard InChI is InChI=1S/C28H32N4O4S/c1-18-6-4-5-7-22(18)31-27(36)30-20-10-8-19(9-11-20)16-23(33)32-15-14-28(2,3)25(32)26-29-17-21(37-26)12-13-24(34)35/h4-11,17,25H,12-16H2,1-3H3,(H,34,35)(H2,30,31,36). The lowest BCUT2D eigenvalue weighted by Gasteiger charge is -2.31. The topological polar surface area (TPSA) is 112 Å². The maximum absolute atomic E-state index is 13.4. The maximum Gasteiger partial charge on any atom is 0.323 e. The van der Waals surface area contributed by atoms with Gasteiger partial charge in [-0.05, 0) is 54.5 Å². The summed E-state index contributed by atoms with van der Waals surface area (Å²) in [6.45, 7) is 6.87. The number of aromatic nitrogens is 1. The Hall–Kier alpha value is -3.72. The highest BCUT2D eigenvalue weighted by Gasteiger charge is 2.45. The number of urea groups is 1. The zero-order valence-corrected chi connectivity index (χ0v) is 22.1. The van der Waals surface area contributed by atoms with Crippen LogP contribution >= 0.6 is 11.3 Å². The van der Waals surface area contributed by atoms with Crippen LogP contribution in [0.15, 0.2) is 54.7 Å². The number of carbonyl (C=O) groups excluding carboxylic acids is 2. The highest BCUT2D eigenvalue weighted by atomic mass is 32.1. The predicted molar refractivity (Wildman–Crippen MR) is 145 cm³/mol. The van der Waals surface area contributed by atoms with Gasteiger partial charge in [-0.25, -0.2) is 9.78 Å². The van der Waals surface area contributed by atoms with Crippen molar-refractivity contribution >= 4 is 40.6 Å². The Morgan fingerprint density at radius 3 is 2.54 bits per heavy atom. The number of aryl methyl sites for hydroxylation is 2. The van der Waals surface area contributed by atoms with Crippen molar-refractivity contribution in [2.75, 3.05) is 17.2 Å². The molecule has 1 saturated heterocycles. The highest BCUT2D eigenvalue weighted by Crippen LogP contribution is 2.47. The zero-order valence-electron chi connectivity index (χ0n) is 21.3. The Kier molecular flexibility index (Phi) is 7.92. The molecule has 0 saturated carbocycles. The molecular formula is C28H32N4O4S. The molecule has 1 unspecified atom stereocenters. The van der Waals surface area contributed by atoms with Crippen molar-refractivity contribution in [2.45, 2.75) is 52.5 Å². The van der Waals surface area contributed by atoms with E-state index in [-0.39, 0.29) is 36.2 Å². The van der Waals surface area contributed by atoms with E-state index in [0.29, 0.717) is 18.7 Å². The van der Waals surface area contributed by atoms with Crippen LogP contribution < -0.4 is 10.6 Å². The van der Waals surface area contributed by atoms with Crippen LogP contribution in [0, 0.1) is 12.3 Å². The van der Waals surface area contributed by atoms with Gasteiger partial charge in [-0.1, -0.05) is 44.2 Å². The second-order valence-electron chi connectivity index (χ2n) is 10.1. The number of hydrogen-bond acceptors (Lipinski definition) is 5. The molecule has 4 rings (SSSR count). The molecule has 1 aromatic heterocycles. The number of carboxylic acid groups (broad SMARTS) is 1. The van der Waals surface area contributed by atoms with Crippen molar-refractivity contribution in [3.05, 3.63) is 75.7 Å². The molecular weight excluding hydrogens is 488 g/mol. The summed E-state index contributed by atoms with van der Waals surface area (Å²) in [7, 11) is 0. The van der Waals surface area contributed by atoms with E-state index in [1.165, 1.54) is 11.3 Å². The number of amides is 3. The fourth-order valence-corrected chi connectivity index (χ4v) is 5.85. The molecule has 194 valence electrons. The van der Waals surface area contributed by atoms with Crippen LogP contribution in [-0.2, 0) is 22.4 Å². The van der Waals surface area contributed by atoms with E-state index in [1.807, 2.05) is 48.2 Å². The molecule has 3 N–H and O–H groups in total. The minimum absolute atomic E-state index is 0.0240. The van der Waals surface area contributed by atoms with Crippen molar-refractivity contribution in [1.29, 1.82) is 0 Å². The molecule has 1 atom stereocenters. The molecule has 0 aliphatic carbocycles. The second-order valence-corrected chi connectivity index (χ2v) is 11.2. The molecule has 8 nitrogen and oxygen atoms in total. The number of nitrogens with zero attached hydrogens (tertiary/aromatic N) is 2. The van der Waals surface area contributed by atoms with E-state index in [0.717, 1.165) is 33.1 Å². The molecule has 9 heteroatoms. The number of thiazole rings is 1. The van der Waals surface area contributed by atoms with Crippen molar-refractivity contribution in [2.24, 2.45) is 5.41 Å². The van der Waals surface area contributed by atoms with Gasteiger partial charge in [0.1, 0.15) is 5.01 Å². The van der Waals surface area contributed by atoms with E-state index in [4.69, 9.17) is 5.11 Å². The summed E-state index contributed by atoms with van der Waals surface area (Å²) in [6.07, 6.45) is 3.36. The molecule has 37 heavy (non-hydrogen) atoms. The van der Waals surface area contributed by atoms with Crippen molar-refractivity contribution < 1.29 is 19.5 Å². The van der Waals surface area contributed by atoms with Gasteiger partial charge < -0.3 is 20.6 Å². The van der Waals surface area contributed by atoms with Crippen molar-refractivity contribution in [1.82, 2.24) is 9.88 Å². The number of likely N-dealkylation sites (tertiary alicyclic amines) is 1. The normalized spacial score (nSPS) is 16.4. The minimum Gasteiger partial charge on any atom is -0.481 e. The first-order chi connectivity index (χ1) is 17.6.